The Morgan fingerprint density at radius 2 is 1.56 bits per heavy atom. The second-order valence-corrected chi connectivity index (χ2v) is 7.77. The minimum Gasteiger partial charge on any atom is -0.444 e. The number of nitrogens with zero attached hydrogens (tertiary/aromatic N) is 1. The number of benzene rings is 2. The maximum Gasteiger partial charge on any atom is 0.410 e. The summed E-state index contributed by atoms with van der Waals surface area (Å²) in [5, 5.41) is 10.6. The topological polar surface area (TPSA) is 75.8 Å². The van der Waals surface area contributed by atoms with E-state index in [2.05, 4.69) is 0 Å². The van der Waals surface area contributed by atoms with Crippen molar-refractivity contribution in [3.05, 3.63) is 71.8 Å². The highest BCUT2D eigenvalue weighted by molar-refractivity contribution is 5.68. The molecule has 27 heavy (non-hydrogen) atoms. The number of aliphatic hydroxyl groups is 1. The van der Waals surface area contributed by atoms with Crippen molar-refractivity contribution < 1.29 is 14.6 Å². The third kappa shape index (κ3) is 7.41. The van der Waals surface area contributed by atoms with E-state index in [9.17, 15) is 9.90 Å². The molecule has 0 heterocycles. The van der Waals surface area contributed by atoms with Crippen LogP contribution >= 0.6 is 0 Å². The molecule has 2 atom stereocenters. The molecule has 0 aliphatic carbocycles. The minimum absolute atomic E-state index is 0.109. The van der Waals surface area contributed by atoms with Gasteiger partial charge in [0, 0.05) is 12.6 Å². The number of hydrogen-bond donors (Lipinski definition) is 2. The van der Waals surface area contributed by atoms with E-state index in [1.54, 1.807) is 0 Å². The zero-order valence-electron chi connectivity index (χ0n) is 16.3. The largest absolute Gasteiger partial charge is 0.444 e. The van der Waals surface area contributed by atoms with Gasteiger partial charge in [0.1, 0.15) is 5.60 Å². The van der Waals surface area contributed by atoms with Crippen molar-refractivity contribution in [2.24, 2.45) is 5.73 Å². The van der Waals surface area contributed by atoms with Gasteiger partial charge in [0.25, 0.3) is 0 Å². The molecule has 5 nitrogen and oxygen atoms in total. The van der Waals surface area contributed by atoms with Gasteiger partial charge in [0.05, 0.1) is 12.6 Å². The molecule has 2 aromatic carbocycles. The van der Waals surface area contributed by atoms with E-state index in [1.165, 1.54) is 4.90 Å². The molecule has 1 amide bonds. The number of ether oxygens (including phenoxy) is 1. The smallest absolute Gasteiger partial charge is 0.410 e. The van der Waals surface area contributed by atoms with E-state index in [4.69, 9.17) is 10.5 Å². The molecule has 0 saturated heterocycles. The first-order chi connectivity index (χ1) is 12.7. The molecule has 0 aliphatic heterocycles. The summed E-state index contributed by atoms with van der Waals surface area (Å²) < 4.78 is 5.51. The highest BCUT2D eigenvalue weighted by atomic mass is 16.6. The number of amides is 1. The molecule has 2 rings (SSSR count). The first kappa shape index (κ1) is 20.9. The fourth-order valence-electron chi connectivity index (χ4n) is 2.72. The Bertz CT molecular complexity index is 699. The summed E-state index contributed by atoms with van der Waals surface area (Å²) in [5.41, 5.74) is 7.60. The number of carbonyl (C=O) groups is 1. The molecule has 2 unspecified atom stereocenters. The van der Waals surface area contributed by atoms with E-state index in [0.717, 1.165) is 11.1 Å². The van der Waals surface area contributed by atoms with Gasteiger partial charge in [-0.15, -0.1) is 0 Å². The Kier molecular flexibility index (Phi) is 7.39. The van der Waals surface area contributed by atoms with Gasteiger partial charge in [0.15, 0.2) is 0 Å². The summed E-state index contributed by atoms with van der Waals surface area (Å²) in [6.07, 6.45) is -0.783. The van der Waals surface area contributed by atoms with Crippen LogP contribution in [0.5, 0.6) is 0 Å². The predicted molar refractivity (Wildman–Crippen MR) is 107 cm³/mol. The van der Waals surface area contributed by atoms with Crippen molar-refractivity contribution in [3.63, 3.8) is 0 Å². The Morgan fingerprint density at radius 1 is 1.04 bits per heavy atom. The van der Waals surface area contributed by atoms with Crippen LogP contribution in [0.15, 0.2) is 60.7 Å². The van der Waals surface area contributed by atoms with Crippen LogP contribution in [-0.4, -0.2) is 40.4 Å². The second kappa shape index (κ2) is 9.53. The monoisotopic (exact) mass is 370 g/mol. The molecule has 0 fully saturated rings. The van der Waals surface area contributed by atoms with Gasteiger partial charge < -0.3 is 20.5 Å². The van der Waals surface area contributed by atoms with Gasteiger partial charge in [-0.05, 0) is 38.3 Å². The van der Waals surface area contributed by atoms with Gasteiger partial charge in [0.2, 0.25) is 0 Å². The number of hydrogen-bond acceptors (Lipinski definition) is 4. The summed E-state index contributed by atoms with van der Waals surface area (Å²) in [6.45, 7) is 5.93. The van der Waals surface area contributed by atoms with Gasteiger partial charge >= 0.3 is 6.09 Å². The molecular formula is C22H30N2O3. The van der Waals surface area contributed by atoms with Crippen LogP contribution in [0.1, 0.15) is 31.9 Å². The summed E-state index contributed by atoms with van der Waals surface area (Å²) in [5.74, 6) is 0. The van der Waals surface area contributed by atoms with Gasteiger partial charge in [-0.2, -0.15) is 0 Å². The summed E-state index contributed by atoms with van der Waals surface area (Å²) in [6, 6.07) is 18.9. The van der Waals surface area contributed by atoms with Crippen molar-refractivity contribution in [3.8, 4) is 0 Å². The lowest BCUT2D eigenvalue weighted by Gasteiger charge is -2.30. The first-order valence-corrected chi connectivity index (χ1v) is 9.24. The Labute approximate surface area is 161 Å². The molecule has 0 aliphatic rings. The van der Waals surface area contributed by atoms with Crippen LogP contribution in [0, 0.1) is 0 Å². The third-order valence-electron chi connectivity index (χ3n) is 4.08. The van der Waals surface area contributed by atoms with Crippen molar-refractivity contribution in [1.82, 2.24) is 4.90 Å². The average molecular weight is 370 g/mol. The molecule has 2 aromatic rings. The Balaban J connectivity index is 2.06. The van der Waals surface area contributed by atoms with Gasteiger partial charge in [-0.1, -0.05) is 60.7 Å². The summed E-state index contributed by atoms with van der Waals surface area (Å²) in [7, 11) is 0. The maximum absolute atomic E-state index is 12.6. The Hall–Kier alpha value is -2.37. The van der Waals surface area contributed by atoms with Crippen LogP contribution in [0.25, 0.3) is 0 Å². The minimum atomic E-state index is -0.860. The fourth-order valence-corrected chi connectivity index (χ4v) is 2.72. The molecular weight excluding hydrogens is 340 g/mol. The number of rotatable bonds is 7. The van der Waals surface area contributed by atoms with E-state index < -0.39 is 23.8 Å². The third-order valence-corrected chi connectivity index (χ3v) is 4.08. The van der Waals surface area contributed by atoms with Gasteiger partial charge in [-0.3, -0.25) is 0 Å². The zero-order chi connectivity index (χ0) is 19.9. The van der Waals surface area contributed by atoms with E-state index in [0.29, 0.717) is 13.0 Å². The fraction of sp³-hybridized carbons (Fsp3) is 0.409. The molecule has 0 bridgehead atoms. The van der Waals surface area contributed by atoms with E-state index in [-0.39, 0.29) is 6.54 Å². The highest BCUT2D eigenvalue weighted by Gasteiger charge is 2.26. The number of carbonyl (C=O) groups excluding carboxylic acids is 1. The van der Waals surface area contributed by atoms with Crippen molar-refractivity contribution in [2.75, 3.05) is 6.54 Å². The van der Waals surface area contributed by atoms with Crippen LogP contribution in [-0.2, 0) is 17.7 Å². The number of nitrogens with two attached hydrogens (primary N) is 1. The second-order valence-electron chi connectivity index (χ2n) is 7.77. The van der Waals surface area contributed by atoms with Crippen LogP contribution in [0.4, 0.5) is 4.79 Å². The van der Waals surface area contributed by atoms with Gasteiger partial charge in [-0.25, -0.2) is 4.79 Å². The first-order valence-electron chi connectivity index (χ1n) is 9.24. The lowest BCUT2D eigenvalue weighted by atomic mass is 10.0. The van der Waals surface area contributed by atoms with Crippen molar-refractivity contribution >= 4 is 6.09 Å². The molecule has 5 heteroatoms. The molecule has 0 spiro atoms. The lowest BCUT2D eigenvalue weighted by Crippen LogP contribution is -2.47. The SMILES string of the molecule is CC(C)(C)OC(=O)N(Cc1ccccc1)CC(O)C(N)Cc1ccccc1. The van der Waals surface area contributed by atoms with Crippen LogP contribution < -0.4 is 5.73 Å². The highest BCUT2D eigenvalue weighted by Crippen LogP contribution is 2.14. The van der Waals surface area contributed by atoms with Crippen LogP contribution in [0.3, 0.4) is 0 Å². The van der Waals surface area contributed by atoms with Crippen LogP contribution in [0.2, 0.25) is 0 Å². The standard InChI is InChI=1S/C22H30N2O3/c1-22(2,3)27-21(26)24(15-18-12-8-5-9-13-18)16-20(25)19(23)14-17-10-6-4-7-11-17/h4-13,19-20,25H,14-16,23H2,1-3H3. The van der Waals surface area contributed by atoms with Crippen molar-refractivity contribution in [1.29, 1.82) is 0 Å². The maximum atomic E-state index is 12.6. The lowest BCUT2D eigenvalue weighted by molar-refractivity contribution is 0.00995. The molecule has 0 aromatic heterocycles. The normalized spacial score (nSPS) is 13.7. The average Bonchev–Trinajstić information content (AvgIpc) is 2.61. The van der Waals surface area contributed by atoms with E-state index >= 15 is 0 Å². The quantitative estimate of drug-likeness (QED) is 0.784. The Morgan fingerprint density at radius 3 is 2.07 bits per heavy atom. The predicted octanol–water partition coefficient (Wildman–Crippen LogP) is 3.35. The zero-order valence-corrected chi connectivity index (χ0v) is 16.3. The summed E-state index contributed by atoms with van der Waals surface area (Å²) >= 11 is 0. The molecule has 3 N–H and O–H groups in total. The number of aliphatic hydroxyl groups excluding tert-OH is 1. The molecule has 146 valence electrons. The molecule has 0 radical (unpaired) electrons. The van der Waals surface area contributed by atoms with E-state index in [1.807, 2.05) is 81.4 Å². The van der Waals surface area contributed by atoms with Crippen molar-refractivity contribution in [2.45, 2.75) is 51.5 Å². The summed E-state index contributed by atoms with van der Waals surface area (Å²) in [4.78, 5) is 14.1. The molecule has 0 saturated carbocycles.